The predicted octanol–water partition coefficient (Wildman–Crippen LogP) is 0.265. The summed E-state index contributed by atoms with van der Waals surface area (Å²) < 4.78 is 16.9. The molecule has 138 valence electrons. The molecule has 9 heteroatoms. The Morgan fingerprint density at radius 2 is 1.96 bits per heavy atom. The smallest absolute Gasteiger partial charge is 0.336 e. The molecule has 9 nitrogen and oxygen atoms in total. The van der Waals surface area contributed by atoms with E-state index in [9.17, 15) is 19.2 Å². The zero-order chi connectivity index (χ0) is 18.8. The molecule has 25 heavy (non-hydrogen) atoms. The first-order valence-corrected chi connectivity index (χ1v) is 8.06. The van der Waals surface area contributed by atoms with Crippen molar-refractivity contribution in [2.45, 2.75) is 46.4 Å². The van der Waals surface area contributed by atoms with E-state index in [1.165, 1.54) is 20.0 Å². The minimum atomic E-state index is -1.31. The van der Waals surface area contributed by atoms with Crippen molar-refractivity contribution in [2.75, 3.05) is 13.2 Å². The number of ether oxygens (including phenoxy) is 3. The molecule has 2 heterocycles. The van der Waals surface area contributed by atoms with Crippen LogP contribution in [0.1, 0.15) is 39.0 Å². The standard InChI is InChI=1S/C16H22N2O7/c1-5-23-13(20)11-16(4,14(21)24-6-2)7-10(25-11)18-8-9(3)12(19)17-15(18)22/h8,10-11H,5-7H2,1-4H3,(H,17,19,22)/t10-,11+,16+/m0/s1. The molecule has 1 aromatic heterocycles. The van der Waals surface area contributed by atoms with Crippen LogP contribution < -0.4 is 11.2 Å². The van der Waals surface area contributed by atoms with Crippen LogP contribution in [-0.4, -0.2) is 40.8 Å². The normalized spacial score (nSPS) is 25.6. The number of esters is 2. The first-order chi connectivity index (χ1) is 11.7. The topological polar surface area (TPSA) is 117 Å². The molecular weight excluding hydrogens is 332 g/mol. The lowest BCUT2D eigenvalue weighted by atomic mass is 9.82. The van der Waals surface area contributed by atoms with Gasteiger partial charge in [0.25, 0.3) is 5.56 Å². The zero-order valence-corrected chi connectivity index (χ0v) is 14.7. The quantitative estimate of drug-likeness (QED) is 0.754. The van der Waals surface area contributed by atoms with E-state index in [1.54, 1.807) is 13.8 Å². The van der Waals surface area contributed by atoms with Gasteiger partial charge in [0.05, 0.1) is 13.2 Å². The molecule has 0 unspecified atom stereocenters. The largest absolute Gasteiger partial charge is 0.465 e. The zero-order valence-electron chi connectivity index (χ0n) is 14.7. The second-order valence-electron chi connectivity index (χ2n) is 6.04. The number of H-pyrrole nitrogens is 1. The molecule has 0 amide bonds. The summed E-state index contributed by atoms with van der Waals surface area (Å²) in [6.07, 6.45) is -0.756. The molecule has 1 fully saturated rings. The van der Waals surface area contributed by atoms with Gasteiger partial charge < -0.3 is 14.2 Å². The van der Waals surface area contributed by atoms with E-state index >= 15 is 0 Å². The van der Waals surface area contributed by atoms with Crippen molar-refractivity contribution >= 4 is 11.9 Å². The molecule has 2 rings (SSSR count). The van der Waals surface area contributed by atoms with E-state index < -0.39 is 40.9 Å². The van der Waals surface area contributed by atoms with Crippen molar-refractivity contribution in [2.24, 2.45) is 5.41 Å². The molecule has 1 N–H and O–H groups in total. The third-order valence-electron chi connectivity index (χ3n) is 4.17. The molecule has 0 spiro atoms. The SMILES string of the molecule is CCOC(=O)[C@H]1O[C@H](n2cc(C)c(=O)[nH]c2=O)C[C@@]1(C)C(=O)OCC. The van der Waals surface area contributed by atoms with Crippen LogP contribution in [0.2, 0.25) is 0 Å². The Kier molecular flexibility index (Phi) is 5.46. The number of nitrogens with zero attached hydrogens (tertiary/aromatic N) is 1. The maximum absolute atomic E-state index is 12.4. The lowest BCUT2D eigenvalue weighted by Crippen LogP contribution is -2.43. The fourth-order valence-electron chi connectivity index (χ4n) is 2.81. The highest BCUT2D eigenvalue weighted by atomic mass is 16.6. The van der Waals surface area contributed by atoms with Gasteiger partial charge >= 0.3 is 17.6 Å². The summed E-state index contributed by atoms with van der Waals surface area (Å²) in [5, 5.41) is 0. The Morgan fingerprint density at radius 3 is 2.56 bits per heavy atom. The van der Waals surface area contributed by atoms with Crippen LogP contribution >= 0.6 is 0 Å². The van der Waals surface area contributed by atoms with Gasteiger partial charge in [0.1, 0.15) is 11.6 Å². The summed E-state index contributed by atoms with van der Waals surface area (Å²) in [6, 6.07) is 0. The number of nitrogens with one attached hydrogen (secondary N) is 1. The van der Waals surface area contributed by atoms with E-state index in [0.717, 1.165) is 4.57 Å². The Bertz CT molecular complexity index is 781. The third-order valence-corrected chi connectivity index (χ3v) is 4.17. The van der Waals surface area contributed by atoms with Crippen LogP contribution in [0, 0.1) is 12.3 Å². The summed E-state index contributed by atoms with van der Waals surface area (Å²) in [7, 11) is 0. The van der Waals surface area contributed by atoms with Crippen LogP contribution in [0.3, 0.4) is 0 Å². The van der Waals surface area contributed by atoms with E-state index in [-0.39, 0.29) is 19.6 Å². The molecule has 0 aliphatic carbocycles. The van der Waals surface area contributed by atoms with Crippen LogP contribution in [0.15, 0.2) is 15.8 Å². The number of aromatic amines is 1. The van der Waals surface area contributed by atoms with Crippen molar-refractivity contribution in [1.29, 1.82) is 0 Å². The Labute approximate surface area is 143 Å². The first-order valence-electron chi connectivity index (χ1n) is 8.06. The van der Waals surface area contributed by atoms with Crippen LogP contribution in [0.5, 0.6) is 0 Å². The highest BCUT2D eigenvalue weighted by Gasteiger charge is 2.56. The number of hydrogen-bond acceptors (Lipinski definition) is 7. The van der Waals surface area contributed by atoms with Crippen molar-refractivity contribution in [3.05, 3.63) is 32.6 Å². The molecular formula is C16H22N2O7. The fraction of sp³-hybridized carbons (Fsp3) is 0.625. The summed E-state index contributed by atoms with van der Waals surface area (Å²) >= 11 is 0. The van der Waals surface area contributed by atoms with Gasteiger partial charge in [-0.25, -0.2) is 9.59 Å². The van der Waals surface area contributed by atoms with Crippen molar-refractivity contribution in [1.82, 2.24) is 9.55 Å². The third kappa shape index (κ3) is 3.51. The molecule has 1 aromatic rings. The van der Waals surface area contributed by atoms with Gasteiger partial charge in [0.2, 0.25) is 0 Å². The molecule has 0 saturated carbocycles. The summed E-state index contributed by atoms with van der Waals surface area (Å²) in [5.74, 6) is -1.31. The number of hydrogen-bond donors (Lipinski definition) is 1. The summed E-state index contributed by atoms with van der Waals surface area (Å²) in [4.78, 5) is 50.5. The number of rotatable bonds is 5. The average molecular weight is 354 g/mol. The predicted molar refractivity (Wildman–Crippen MR) is 86.0 cm³/mol. The van der Waals surface area contributed by atoms with Crippen LogP contribution in [0.4, 0.5) is 0 Å². The fourth-order valence-corrected chi connectivity index (χ4v) is 2.81. The number of carbonyl (C=O) groups is 2. The van der Waals surface area contributed by atoms with E-state index in [1.807, 2.05) is 0 Å². The number of carbonyl (C=O) groups excluding carboxylic acids is 2. The second-order valence-corrected chi connectivity index (χ2v) is 6.04. The maximum Gasteiger partial charge on any atom is 0.336 e. The van der Waals surface area contributed by atoms with Gasteiger partial charge in [-0.05, 0) is 27.7 Å². The molecule has 0 radical (unpaired) electrons. The molecule has 1 aliphatic rings. The summed E-state index contributed by atoms with van der Waals surface area (Å²) in [6.45, 7) is 6.64. The molecule has 3 atom stereocenters. The number of aryl methyl sites for hydroxylation is 1. The second kappa shape index (κ2) is 7.22. The van der Waals surface area contributed by atoms with Gasteiger partial charge in [0.15, 0.2) is 6.10 Å². The Hall–Kier alpha value is -2.42. The molecule has 0 aromatic carbocycles. The highest BCUT2D eigenvalue weighted by Crippen LogP contribution is 2.44. The monoisotopic (exact) mass is 354 g/mol. The van der Waals surface area contributed by atoms with E-state index in [2.05, 4.69) is 4.98 Å². The highest BCUT2D eigenvalue weighted by molar-refractivity contribution is 5.87. The van der Waals surface area contributed by atoms with Crippen LogP contribution in [-0.2, 0) is 23.8 Å². The average Bonchev–Trinajstić information content (AvgIpc) is 2.90. The van der Waals surface area contributed by atoms with Crippen molar-refractivity contribution < 1.29 is 23.8 Å². The van der Waals surface area contributed by atoms with Crippen molar-refractivity contribution in [3.63, 3.8) is 0 Å². The first kappa shape index (κ1) is 18.9. The summed E-state index contributed by atoms with van der Waals surface area (Å²) in [5.41, 5.74) is -2.19. The van der Waals surface area contributed by atoms with E-state index in [4.69, 9.17) is 14.2 Å². The van der Waals surface area contributed by atoms with Crippen LogP contribution in [0.25, 0.3) is 0 Å². The maximum atomic E-state index is 12.4. The minimum Gasteiger partial charge on any atom is -0.465 e. The van der Waals surface area contributed by atoms with Gasteiger partial charge in [-0.15, -0.1) is 0 Å². The lowest BCUT2D eigenvalue weighted by Gasteiger charge is -2.25. The molecule has 0 bridgehead atoms. The van der Waals surface area contributed by atoms with Gasteiger partial charge in [-0.3, -0.25) is 19.1 Å². The lowest BCUT2D eigenvalue weighted by molar-refractivity contribution is -0.172. The Morgan fingerprint density at radius 1 is 1.32 bits per heavy atom. The van der Waals surface area contributed by atoms with Gasteiger partial charge in [0, 0.05) is 18.2 Å². The van der Waals surface area contributed by atoms with Gasteiger partial charge in [-0.2, -0.15) is 0 Å². The minimum absolute atomic E-state index is 0.0285. The molecule has 1 saturated heterocycles. The number of aromatic nitrogens is 2. The van der Waals surface area contributed by atoms with Gasteiger partial charge in [-0.1, -0.05) is 0 Å². The molecule has 1 aliphatic heterocycles. The van der Waals surface area contributed by atoms with E-state index in [0.29, 0.717) is 5.56 Å². The van der Waals surface area contributed by atoms with Crippen molar-refractivity contribution in [3.8, 4) is 0 Å². The Balaban J connectivity index is 2.43.